The van der Waals surface area contributed by atoms with Crippen molar-refractivity contribution in [3.63, 3.8) is 0 Å². The van der Waals surface area contributed by atoms with Crippen molar-refractivity contribution >= 4 is 5.97 Å². The first-order valence-electron chi connectivity index (χ1n) is 8.14. The van der Waals surface area contributed by atoms with E-state index < -0.39 is 5.60 Å². The van der Waals surface area contributed by atoms with E-state index in [1.807, 2.05) is 6.92 Å². The molecule has 1 unspecified atom stereocenters. The van der Waals surface area contributed by atoms with Crippen LogP contribution in [0.3, 0.4) is 0 Å². The molecule has 1 saturated heterocycles. The molecule has 2 aliphatic rings. The van der Waals surface area contributed by atoms with Crippen molar-refractivity contribution in [2.24, 2.45) is 11.8 Å². The van der Waals surface area contributed by atoms with Crippen LogP contribution in [0.1, 0.15) is 52.4 Å². The second-order valence-electron chi connectivity index (χ2n) is 6.73. The van der Waals surface area contributed by atoms with Gasteiger partial charge in [-0.15, -0.1) is 0 Å². The summed E-state index contributed by atoms with van der Waals surface area (Å²) in [6, 6.07) is 0. The van der Waals surface area contributed by atoms with Crippen LogP contribution in [0.2, 0.25) is 0 Å². The van der Waals surface area contributed by atoms with E-state index >= 15 is 0 Å². The Bertz CT molecular complexity index is 324. The van der Waals surface area contributed by atoms with E-state index in [1.165, 1.54) is 12.8 Å². The van der Waals surface area contributed by atoms with Gasteiger partial charge in [0.15, 0.2) is 0 Å². The van der Waals surface area contributed by atoms with E-state index in [-0.39, 0.29) is 11.9 Å². The summed E-state index contributed by atoms with van der Waals surface area (Å²) >= 11 is 0. The maximum Gasteiger partial charge on any atom is 0.308 e. The number of carbonyl (C=O) groups excluding carboxylic acids is 1. The minimum absolute atomic E-state index is 0.00416. The van der Waals surface area contributed by atoms with Crippen molar-refractivity contribution in [2.75, 3.05) is 26.2 Å². The quantitative estimate of drug-likeness (QED) is 0.804. The third kappa shape index (κ3) is 4.19. The lowest BCUT2D eigenvalue weighted by atomic mass is 9.78. The van der Waals surface area contributed by atoms with Crippen LogP contribution in [0.25, 0.3) is 0 Å². The number of aliphatic hydroxyl groups is 1. The number of hydrogen-bond donors (Lipinski definition) is 1. The predicted octanol–water partition coefficient (Wildman–Crippen LogP) is 2.20. The second kappa shape index (κ2) is 6.90. The number of hydrogen-bond acceptors (Lipinski definition) is 4. The summed E-state index contributed by atoms with van der Waals surface area (Å²) in [5.41, 5.74) is -0.597. The molecular weight excluding hydrogens is 254 g/mol. The van der Waals surface area contributed by atoms with Crippen LogP contribution < -0.4 is 0 Å². The Hall–Kier alpha value is -0.610. The molecule has 1 aliphatic heterocycles. The van der Waals surface area contributed by atoms with E-state index in [9.17, 15) is 9.90 Å². The zero-order chi connectivity index (χ0) is 14.6. The van der Waals surface area contributed by atoms with Crippen LogP contribution >= 0.6 is 0 Å². The lowest BCUT2D eigenvalue weighted by Crippen LogP contribution is -2.48. The molecule has 1 aliphatic carbocycles. The zero-order valence-electron chi connectivity index (χ0n) is 12.9. The van der Waals surface area contributed by atoms with Gasteiger partial charge in [0.2, 0.25) is 0 Å². The molecule has 2 fully saturated rings. The van der Waals surface area contributed by atoms with Gasteiger partial charge >= 0.3 is 5.97 Å². The SMILES string of the molecule is CCOC(=O)C1CCC(O)(CN2CCCC(C)C2)CC1. The summed E-state index contributed by atoms with van der Waals surface area (Å²) in [5.74, 6) is 0.653. The second-order valence-corrected chi connectivity index (χ2v) is 6.73. The Morgan fingerprint density at radius 2 is 2.05 bits per heavy atom. The highest BCUT2D eigenvalue weighted by Gasteiger charge is 2.38. The lowest BCUT2D eigenvalue weighted by molar-refractivity contribution is -0.151. The number of β-amino-alcohol motifs (C(OH)–C–C–N with tert-alkyl or cyclic N) is 1. The van der Waals surface area contributed by atoms with Crippen LogP contribution in [0.4, 0.5) is 0 Å². The number of piperidine rings is 1. The Balaban J connectivity index is 1.80. The molecule has 0 aromatic heterocycles. The van der Waals surface area contributed by atoms with Crippen molar-refractivity contribution in [3.8, 4) is 0 Å². The van der Waals surface area contributed by atoms with Crippen molar-refractivity contribution < 1.29 is 14.6 Å². The van der Waals surface area contributed by atoms with Gasteiger partial charge in [-0.25, -0.2) is 0 Å². The average molecular weight is 283 g/mol. The van der Waals surface area contributed by atoms with E-state index in [0.717, 1.165) is 51.2 Å². The van der Waals surface area contributed by atoms with Gasteiger partial charge in [-0.1, -0.05) is 6.92 Å². The highest BCUT2D eigenvalue weighted by Crippen LogP contribution is 2.34. The number of rotatable bonds is 4. The van der Waals surface area contributed by atoms with Crippen LogP contribution in [-0.2, 0) is 9.53 Å². The lowest BCUT2D eigenvalue weighted by Gasteiger charge is -2.41. The van der Waals surface area contributed by atoms with Gasteiger partial charge in [-0.2, -0.15) is 0 Å². The van der Waals surface area contributed by atoms with Crippen LogP contribution in [-0.4, -0.2) is 47.8 Å². The van der Waals surface area contributed by atoms with E-state index in [1.54, 1.807) is 0 Å². The minimum atomic E-state index is -0.597. The Morgan fingerprint density at radius 1 is 1.35 bits per heavy atom. The number of carbonyl (C=O) groups is 1. The number of likely N-dealkylation sites (tertiary alicyclic amines) is 1. The maximum absolute atomic E-state index is 11.7. The highest BCUT2D eigenvalue weighted by atomic mass is 16.5. The average Bonchev–Trinajstić information content (AvgIpc) is 2.39. The fourth-order valence-corrected chi connectivity index (χ4v) is 3.66. The Labute approximate surface area is 122 Å². The van der Waals surface area contributed by atoms with Gasteiger partial charge in [0.05, 0.1) is 18.1 Å². The molecule has 0 aromatic rings. The van der Waals surface area contributed by atoms with Crippen molar-refractivity contribution in [1.29, 1.82) is 0 Å². The van der Waals surface area contributed by atoms with E-state index in [0.29, 0.717) is 6.61 Å². The fraction of sp³-hybridized carbons (Fsp3) is 0.938. The molecule has 0 radical (unpaired) electrons. The third-order valence-electron chi connectivity index (χ3n) is 4.80. The fourth-order valence-electron chi connectivity index (χ4n) is 3.66. The molecular formula is C16H29NO3. The highest BCUT2D eigenvalue weighted by molar-refractivity contribution is 5.72. The Morgan fingerprint density at radius 3 is 2.65 bits per heavy atom. The summed E-state index contributed by atoms with van der Waals surface area (Å²) in [7, 11) is 0. The molecule has 1 heterocycles. The first-order valence-corrected chi connectivity index (χ1v) is 8.14. The largest absolute Gasteiger partial charge is 0.466 e. The molecule has 1 atom stereocenters. The molecule has 0 spiro atoms. The van der Waals surface area contributed by atoms with Crippen molar-refractivity contribution in [1.82, 2.24) is 4.90 Å². The molecule has 1 N–H and O–H groups in total. The number of ether oxygens (including phenoxy) is 1. The van der Waals surface area contributed by atoms with Crippen molar-refractivity contribution in [2.45, 2.75) is 58.0 Å². The van der Waals surface area contributed by atoms with Gasteiger partial charge in [0.1, 0.15) is 0 Å². The molecule has 4 heteroatoms. The standard InChI is InChI=1S/C16H29NO3/c1-3-20-15(18)14-6-8-16(19,9-7-14)12-17-10-4-5-13(2)11-17/h13-14,19H,3-12H2,1-2H3. The number of esters is 1. The first-order chi connectivity index (χ1) is 9.52. The van der Waals surface area contributed by atoms with Gasteiger partial charge in [-0.3, -0.25) is 4.79 Å². The van der Waals surface area contributed by atoms with Gasteiger partial charge in [-0.05, 0) is 57.9 Å². The van der Waals surface area contributed by atoms with Crippen LogP contribution in [0.15, 0.2) is 0 Å². The Kier molecular flexibility index (Phi) is 5.44. The topological polar surface area (TPSA) is 49.8 Å². The monoisotopic (exact) mass is 283 g/mol. The van der Waals surface area contributed by atoms with Gasteiger partial charge in [0.25, 0.3) is 0 Å². The molecule has 116 valence electrons. The molecule has 0 aromatic carbocycles. The summed E-state index contributed by atoms with van der Waals surface area (Å²) in [6.07, 6.45) is 5.52. The molecule has 0 bridgehead atoms. The molecule has 20 heavy (non-hydrogen) atoms. The van der Waals surface area contributed by atoms with Crippen LogP contribution in [0, 0.1) is 11.8 Å². The first kappa shape index (κ1) is 15.8. The normalized spacial score (nSPS) is 35.8. The predicted molar refractivity (Wildman–Crippen MR) is 78.4 cm³/mol. The van der Waals surface area contributed by atoms with E-state index in [2.05, 4.69) is 11.8 Å². The van der Waals surface area contributed by atoms with Gasteiger partial charge < -0.3 is 14.7 Å². The molecule has 4 nitrogen and oxygen atoms in total. The molecule has 0 amide bonds. The maximum atomic E-state index is 11.7. The van der Waals surface area contributed by atoms with Crippen LogP contribution in [0.5, 0.6) is 0 Å². The van der Waals surface area contributed by atoms with Gasteiger partial charge in [0, 0.05) is 13.1 Å². The summed E-state index contributed by atoms with van der Waals surface area (Å²) < 4.78 is 5.08. The zero-order valence-corrected chi connectivity index (χ0v) is 12.9. The summed E-state index contributed by atoms with van der Waals surface area (Å²) in [6.45, 7) is 7.55. The number of nitrogens with zero attached hydrogens (tertiary/aromatic N) is 1. The molecule has 1 saturated carbocycles. The smallest absolute Gasteiger partial charge is 0.308 e. The third-order valence-corrected chi connectivity index (χ3v) is 4.80. The van der Waals surface area contributed by atoms with Crippen molar-refractivity contribution in [3.05, 3.63) is 0 Å². The van der Waals surface area contributed by atoms with E-state index in [4.69, 9.17) is 4.74 Å². The summed E-state index contributed by atoms with van der Waals surface area (Å²) in [5, 5.41) is 10.7. The minimum Gasteiger partial charge on any atom is -0.466 e. The summed E-state index contributed by atoms with van der Waals surface area (Å²) in [4.78, 5) is 14.1. The molecule has 2 rings (SSSR count).